The van der Waals surface area contributed by atoms with Crippen molar-refractivity contribution in [2.45, 2.75) is 13.3 Å². The van der Waals surface area contributed by atoms with E-state index in [1.807, 2.05) is 34.8 Å². The third kappa shape index (κ3) is 5.98. The minimum Gasteiger partial charge on any atom is -0.452 e. The summed E-state index contributed by atoms with van der Waals surface area (Å²) in [6.07, 6.45) is 0.752. The van der Waals surface area contributed by atoms with Crippen LogP contribution in [0.1, 0.15) is 23.7 Å². The van der Waals surface area contributed by atoms with Crippen molar-refractivity contribution in [3.8, 4) is 0 Å². The summed E-state index contributed by atoms with van der Waals surface area (Å²) in [6.45, 7) is 1.79. The largest absolute Gasteiger partial charge is 0.452 e. The van der Waals surface area contributed by atoms with E-state index in [9.17, 15) is 14.4 Å². The Hall–Kier alpha value is -1.84. The third-order valence-electron chi connectivity index (χ3n) is 2.36. The molecule has 0 aliphatic rings. The van der Waals surface area contributed by atoms with E-state index in [1.54, 1.807) is 18.2 Å². The molecule has 1 aromatic rings. The van der Waals surface area contributed by atoms with Crippen LogP contribution in [-0.4, -0.2) is 31.1 Å². The second-order valence-electron chi connectivity index (χ2n) is 4.11. The fourth-order valence-electron chi connectivity index (χ4n) is 1.36. The van der Waals surface area contributed by atoms with Crippen molar-refractivity contribution in [1.82, 2.24) is 10.6 Å². The lowest BCUT2D eigenvalue weighted by Gasteiger charge is -2.08. The second-order valence-corrected chi connectivity index (χ2v) is 5.36. The van der Waals surface area contributed by atoms with Gasteiger partial charge in [-0.2, -0.15) is 0 Å². The van der Waals surface area contributed by atoms with Gasteiger partial charge in [-0.15, -0.1) is 0 Å². The normalized spacial score (nSPS) is 9.81. The zero-order chi connectivity index (χ0) is 15.8. The first-order valence-electron chi connectivity index (χ1n) is 6.24. The Balaban J connectivity index is 2.47. The standard InChI is InChI=1S/C13H16IN3O4/c1-2-5-16-13(20)17-11(18)7-21-12(19)9-6-8(14)3-4-10(9)15/h3-4,6H,2,5,7,15H2,1H3,(H2,16,17,18,20). The Morgan fingerprint density at radius 2 is 2.05 bits per heavy atom. The Morgan fingerprint density at radius 1 is 1.33 bits per heavy atom. The highest BCUT2D eigenvalue weighted by Crippen LogP contribution is 2.16. The van der Waals surface area contributed by atoms with Crippen molar-refractivity contribution < 1.29 is 19.1 Å². The van der Waals surface area contributed by atoms with Crippen molar-refractivity contribution in [3.63, 3.8) is 0 Å². The summed E-state index contributed by atoms with van der Waals surface area (Å²) in [5.74, 6) is -1.42. The van der Waals surface area contributed by atoms with Crippen molar-refractivity contribution in [1.29, 1.82) is 0 Å². The van der Waals surface area contributed by atoms with Gasteiger partial charge in [0.15, 0.2) is 6.61 Å². The molecule has 0 radical (unpaired) electrons. The SMILES string of the molecule is CCCNC(=O)NC(=O)COC(=O)c1cc(I)ccc1N. The number of imide groups is 1. The number of hydrogen-bond acceptors (Lipinski definition) is 5. The highest BCUT2D eigenvalue weighted by atomic mass is 127. The van der Waals surface area contributed by atoms with Gasteiger partial charge in [0.05, 0.1) is 5.56 Å². The van der Waals surface area contributed by atoms with E-state index >= 15 is 0 Å². The van der Waals surface area contributed by atoms with E-state index in [0.29, 0.717) is 6.54 Å². The predicted octanol–water partition coefficient (Wildman–Crippen LogP) is 1.27. The number of benzene rings is 1. The van der Waals surface area contributed by atoms with E-state index in [2.05, 4.69) is 5.32 Å². The topological polar surface area (TPSA) is 111 Å². The number of hydrogen-bond donors (Lipinski definition) is 3. The molecule has 0 aliphatic heterocycles. The van der Waals surface area contributed by atoms with Crippen LogP contribution >= 0.6 is 22.6 Å². The summed E-state index contributed by atoms with van der Waals surface area (Å²) in [7, 11) is 0. The number of esters is 1. The first-order valence-corrected chi connectivity index (χ1v) is 7.31. The molecule has 4 N–H and O–H groups in total. The number of carbonyl (C=O) groups excluding carboxylic acids is 3. The summed E-state index contributed by atoms with van der Waals surface area (Å²) in [5.41, 5.74) is 6.11. The summed E-state index contributed by atoms with van der Waals surface area (Å²) in [4.78, 5) is 34.4. The van der Waals surface area contributed by atoms with E-state index in [-0.39, 0.29) is 11.3 Å². The van der Waals surface area contributed by atoms with Gasteiger partial charge >= 0.3 is 12.0 Å². The number of carbonyl (C=O) groups is 3. The molecule has 0 heterocycles. The van der Waals surface area contributed by atoms with Gasteiger partial charge < -0.3 is 15.8 Å². The molecule has 0 saturated heterocycles. The van der Waals surface area contributed by atoms with Crippen LogP contribution in [0.15, 0.2) is 18.2 Å². The highest BCUT2D eigenvalue weighted by molar-refractivity contribution is 14.1. The van der Waals surface area contributed by atoms with Crippen molar-refractivity contribution in [2.75, 3.05) is 18.9 Å². The van der Waals surface area contributed by atoms with Gasteiger partial charge in [-0.1, -0.05) is 6.92 Å². The molecule has 0 saturated carbocycles. The molecular weight excluding hydrogens is 389 g/mol. The fraction of sp³-hybridized carbons (Fsp3) is 0.308. The summed E-state index contributed by atoms with van der Waals surface area (Å²) < 4.78 is 5.63. The zero-order valence-corrected chi connectivity index (χ0v) is 13.6. The molecule has 0 fully saturated rings. The van der Waals surface area contributed by atoms with Crippen molar-refractivity contribution in [2.24, 2.45) is 0 Å². The molecule has 0 bridgehead atoms. The molecule has 0 aliphatic carbocycles. The molecule has 0 spiro atoms. The third-order valence-corrected chi connectivity index (χ3v) is 3.03. The number of urea groups is 1. The molecular formula is C13H16IN3O4. The van der Waals surface area contributed by atoms with Crippen LogP contribution in [0.2, 0.25) is 0 Å². The molecule has 114 valence electrons. The Kier molecular flexibility index (Phi) is 6.92. The van der Waals surface area contributed by atoms with E-state index in [1.165, 1.54) is 0 Å². The first kappa shape index (κ1) is 17.2. The molecule has 0 atom stereocenters. The van der Waals surface area contributed by atoms with Gasteiger partial charge in [-0.05, 0) is 47.2 Å². The fourth-order valence-corrected chi connectivity index (χ4v) is 1.85. The van der Waals surface area contributed by atoms with E-state index < -0.39 is 24.5 Å². The van der Waals surface area contributed by atoms with Crippen LogP contribution in [0.4, 0.5) is 10.5 Å². The molecule has 3 amide bonds. The molecule has 21 heavy (non-hydrogen) atoms. The number of ether oxygens (including phenoxy) is 1. The monoisotopic (exact) mass is 405 g/mol. The summed E-state index contributed by atoms with van der Waals surface area (Å²) in [6, 6.07) is 4.27. The predicted molar refractivity (Wildman–Crippen MR) is 85.7 cm³/mol. The number of halogens is 1. The van der Waals surface area contributed by atoms with Crippen LogP contribution in [0.25, 0.3) is 0 Å². The Labute approximate surface area is 135 Å². The van der Waals surface area contributed by atoms with Crippen LogP contribution in [0.5, 0.6) is 0 Å². The quantitative estimate of drug-likeness (QED) is 0.388. The zero-order valence-electron chi connectivity index (χ0n) is 11.4. The number of nitrogen functional groups attached to an aromatic ring is 1. The van der Waals surface area contributed by atoms with E-state index in [4.69, 9.17) is 10.5 Å². The van der Waals surface area contributed by atoms with Crippen molar-refractivity contribution in [3.05, 3.63) is 27.3 Å². The smallest absolute Gasteiger partial charge is 0.340 e. The summed E-state index contributed by atoms with van der Waals surface area (Å²) >= 11 is 2.03. The van der Waals surface area contributed by atoms with Gasteiger partial charge in [-0.25, -0.2) is 9.59 Å². The number of amides is 3. The van der Waals surface area contributed by atoms with Crippen LogP contribution in [0.3, 0.4) is 0 Å². The van der Waals surface area contributed by atoms with Crippen LogP contribution in [0, 0.1) is 3.57 Å². The minimum absolute atomic E-state index is 0.185. The van der Waals surface area contributed by atoms with Gasteiger partial charge in [0.2, 0.25) is 0 Å². The number of nitrogens with one attached hydrogen (secondary N) is 2. The van der Waals surface area contributed by atoms with Crippen LogP contribution in [-0.2, 0) is 9.53 Å². The maximum absolute atomic E-state index is 11.8. The van der Waals surface area contributed by atoms with Gasteiger partial charge in [-0.3, -0.25) is 10.1 Å². The molecule has 8 heteroatoms. The van der Waals surface area contributed by atoms with E-state index in [0.717, 1.165) is 9.99 Å². The summed E-state index contributed by atoms with van der Waals surface area (Å²) in [5, 5.41) is 4.52. The number of anilines is 1. The lowest BCUT2D eigenvalue weighted by molar-refractivity contribution is -0.123. The average molecular weight is 405 g/mol. The average Bonchev–Trinajstić information content (AvgIpc) is 2.45. The Morgan fingerprint density at radius 3 is 2.71 bits per heavy atom. The van der Waals surface area contributed by atoms with Gasteiger partial charge in [0.1, 0.15) is 0 Å². The molecule has 1 aromatic carbocycles. The lowest BCUT2D eigenvalue weighted by Crippen LogP contribution is -2.41. The first-order chi connectivity index (χ1) is 9.93. The second kappa shape index (κ2) is 8.45. The molecule has 0 aromatic heterocycles. The minimum atomic E-state index is -0.713. The van der Waals surface area contributed by atoms with Crippen LogP contribution < -0.4 is 16.4 Å². The number of rotatable bonds is 5. The Bertz CT molecular complexity index is 548. The highest BCUT2D eigenvalue weighted by Gasteiger charge is 2.14. The van der Waals surface area contributed by atoms with Crippen molar-refractivity contribution >= 4 is 46.2 Å². The maximum Gasteiger partial charge on any atom is 0.340 e. The molecule has 7 nitrogen and oxygen atoms in total. The number of nitrogens with two attached hydrogens (primary N) is 1. The van der Waals surface area contributed by atoms with Gasteiger partial charge in [0.25, 0.3) is 5.91 Å². The molecule has 1 rings (SSSR count). The molecule has 0 unspecified atom stereocenters. The maximum atomic E-state index is 11.8. The lowest BCUT2D eigenvalue weighted by atomic mass is 10.2. The van der Waals surface area contributed by atoms with Gasteiger partial charge in [0, 0.05) is 15.8 Å².